The Bertz CT molecular complexity index is 876. The summed E-state index contributed by atoms with van der Waals surface area (Å²) in [7, 11) is 0. The van der Waals surface area contributed by atoms with E-state index in [1.165, 1.54) is 11.1 Å². The van der Waals surface area contributed by atoms with Crippen LogP contribution in [0.3, 0.4) is 0 Å². The first-order valence-corrected chi connectivity index (χ1v) is 7.58. The third-order valence-electron chi connectivity index (χ3n) is 3.97. The first-order chi connectivity index (χ1) is 10.7. The molecule has 4 rings (SSSR count). The maximum absolute atomic E-state index is 6.02. The molecule has 0 saturated heterocycles. The van der Waals surface area contributed by atoms with Crippen molar-refractivity contribution >= 4 is 17.2 Å². The molecule has 2 aromatic carbocycles. The van der Waals surface area contributed by atoms with Gasteiger partial charge in [-0.05, 0) is 36.3 Å². The Balaban J connectivity index is 1.96. The predicted molar refractivity (Wildman–Crippen MR) is 88.3 cm³/mol. The highest BCUT2D eigenvalue weighted by atomic mass is 35.5. The van der Waals surface area contributed by atoms with Gasteiger partial charge in [-0.3, -0.25) is 4.57 Å². The number of rotatable bonds is 1. The van der Waals surface area contributed by atoms with Crippen LogP contribution >= 0.6 is 11.6 Å². The number of nitrogens with zero attached hydrogens (tertiary/aromatic N) is 3. The molecule has 1 aliphatic heterocycles. The molecule has 0 unspecified atom stereocenters. The molecule has 0 bridgehead atoms. The molecule has 0 aliphatic carbocycles. The molecule has 1 aromatic heterocycles. The van der Waals surface area contributed by atoms with Crippen molar-refractivity contribution in [1.29, 1.82) is 0 Å². The Morgan fingerprint density at radius 3 is 2.59 bits per heavy atom. The summed E-state index contributed by atoms with van der Waals surface area (Å²) in [4.78, 5) is 0. The molecular formula is C18H14ClN3. The fraction of sp³-hybridized carbons (Fsp3) is 0.111. The maximum Gasteiger partial charge on any atom is 0.141 e. The second-order valence-corrected chi connectivity index (χ2v) is 5.78. The summed E-state index contributed by atoms with van der Waals surface area (Å²) in [5, 5.41) is 9.27. The molecule has 4 heteroatoms. The van der Waals surface area contributed by atoms with Gasteiger partial charge in [0.1, 0.15) is 11.6 Å². The van der Waals surface area contributed by atoms with E-state index in [4.69, 9.17) is 11.6 Å². The second kappa shape index (κ2) is 5.11. The highest BCUT2D eigenvalue weighted by Crippen LogP contribution is 2.33. The van der Waals surface area contributed by atoms with Crippen LogP contribution in [0.15, 0.2) is 54.6 Å². The molecular weight excluding hydrogens is 294 g/mol. The smallest absolute Gasteiger partial charge is 0.141 e. The van der Waals surface area contributed by atoms with E-state index in [1.807, 2.05) is 25.1 Å². The summed E-state index contributed by atoms with van der Waals surface area (Å²) in [5.74, 6) is 1.88. The summed E-state index contributed by atoms with van der Waals surface area (Å²) in [6.07, 6.45) is 2.97. The average Bonchev–Trinajstić information content (AvgIpc) is 2.82. The Labute approximate surface area is 133 Å². The number of fused-ring (bicyclic) bond motifs is 3. The maximum atomic E-state index is 6.02. The summed E-state index contributed by atoms with van der Waals surface area (Å²) < 4.78 is 2.13. The Kier molecular flexibility index (Phi) is 3.09. The lowest BCUT2D eigenvalue weighted by Gasteiger charge is -2.13. The highest BCUT2D eigenvalue weighted by molar-refractivity contribution is 6.30. The van der Waals surface area contributed by atoms with Crippen molar-refractivity contribution in [2.24, 2.45) is 0 Å². The summed E-state index contributed by atoms with van der Waals surface area (Å²) in [6, 6.07) is 16.3. The van der Waals surface area contributed by atoms with Gasteiger partial charge in [0.2, 0.25) is 0 Å². The van der Waals surface area contributed by atoms with Gasteiger partial charge in [0, 0.05) is 17.0 Å². The van der Waals surface area contributed by atoms with Crippen LogP contribution in [0.4, 0.5) is 0 Å². The molecule has 3 aromatic rings. The number of aryl methyl sites for hydroxylation is 1. The SMILES string of the molecule is Cc1nnc2n1-c1ccccc1C(c1ccc(Cl)cc1)=CC2. The molecule has 108 valence electrons. The quantitative estimate of drug-likeness (QED) is 0.674. The topological polar surface area (TPSA) is 30.7 Å². The number of hydrogen-bond donors (Lipinski definition) is 0. The molecule has 0 fully saturated rings. The van der Waals surface area contributed by atoms with Gasteiger partial charge < -0.3 is 0 Å². The molecule has 0 saturated carbocycles. The van der Waals surface area contributed by atoms with Gasteiger partial charge in [0.05, 0.1) is 5.69 Å². The molecule has 0 atom stereocenters. The van der Waals surface area contributed by atoms with E-state index in [9.17, 15) is 0 Å². The summed E-state index contributed by atoms with van der Waals surface area (Å²) >= 11 is 6.02. The minimum Gasteiger partial charge on any atom is -0.282 e. The Morgan fingerprint density at radius 1 is 1.00 bits per heavy atom. The summed E-state index contributed by atoms with van der Waals surface area (Å²) in [6.45, 7) is 1.99. The zero-order valence-corrected chi connectivity index (χ0v) is 12.9. The van der Waals surface area contributed by atoms with Crippen molar-refractivity contribution in [2.75, 3.05) is 0 Å². The van der Waals surface area contributed by atoms with Gasteiger partial charge in [-0.1, -0.05) is 48.0 Å². The van der Waals surface area contributed by atoms with Crippen LogP contribution in [0, 0.1) is 6.92 Å². The Morgan fingerprint density at radius 2 is 1.77 bits per heavy atom. The lowest BCUT2D eigenvalue weighted by atomic mass is 9.96. The van der Waals surface area contributed by atoms with Crippen molar-refractivity contribution in [3.8, 4) is 5.69 Å². The predicted octanol–water partition coefficient (Wildman–Crippen LogP) is 4.22. The molecule has 0 radical (unpaired) electrons. The van der Waals surface area contributed by atoms with Crippen LogP contribution in [-0.4, -0.2) is 14.8 Å². The van der Waals surface area contributed by atoms with Crippen molar-refractivity contribution in [3.63, 3.8) is 0 Å². The van der Waals surface area contributed by atoms with Gasteiger partial charge >= 0.3 is 0 Å². The number of hydrogen-bond acceptors (Lipinski definition) is 2. The molecule has 0 amide bonds. The minimum absolute atomic E-state index is 0.749. The van der Waals surface area contributed by atoms with E-state index in [0.717, 1.165) is 34.3 Å². The first kappa shape index (κ1) is 13.3. The van der Waals surface area contributed by atoms with Gasteiger partial charge in [0.15, 0.2) is 0 Å². The van der Waals surface area contributed by atoms with E-state index >= 15 is 0 Å². The van der Waals surface area contributed by atoms with Crippen LogP contribution < -0.4 is 0 Å². The van der Waals surface area contributed by atoms with Crippen molar-refractivity contribution < 1.29 is 0 Å². The Hall–Kier alpha value is -2.39. The van der Waals surface area contributed by atoms with E-state index in [-0.39, 0.29) is 0 Å². The molecule has 0 spiro atoms. The monoisotopic (exact) mass is 307 g/mol. The first-order valence-electron chi connectivity index (χ1n) is 7.21. The number of benzene rings is 2. The third-order valence-corrected chi connectivity index (χ3v) is 4.22. The minimum atomic E-state index is 0.749. The van der Waals surface area contributed by atoms with Crippen molar-refractivity contribution in [2.45, 2.75) is 13.3 Å². The van der Waals surface area contributed by atoms with Crippen molar-refractivity contribution in [1.82, 2.24) is 14.8 Å². The largest absolute Gasteiger partial charge is 0.282 e. The standard InChI is InChI=1S/C18H14ClN3/c1-12-20-21-18-11-10-15(13-6-8-14(19)9-7-13)16-4-2-3-5-17(16)22(12)18/h2-10H,11H2,1H3. The van der Waals surface area contributed by atoms with Gasteiger partial charge in [0.25, 0.3) is 0 Å². The van der Waals surface area contributed by atoms with Crippen molar-refractivity contribution in [3.05, 3.63) is 82.4 Å². The molecule has 1 aliphatic rings. The number of allylic oxidation sites excluding steroid dienone is 1. The highest BCUT2D eigenvalue weighted by Gasteiger charge is 2.19. The normalized spacial score (nSPS) is 13.1. The molecule has 0 N–H and O–H groups in total. The molecule has 22 heavy (non-hydrogen) atoms. The summed E-state index contributed by atoms with van der Waals surface area (Å²) in [5.41, 5.74) is 4.68. The lowest BCUT2D eigenvalue weighted by molar-refractivity contribution is 0.909. The zero-order valence-electron chi connectivity index (χ0n) is 12.1. The number of aromatic nitrogens is 3. The van der Waals surface area contributed by atoms with E-state index in [2.05, 4.69) is 51.2 Å². The van der Waals surface area contributed by atoms with E-state index in [1.54, 1.807) is 0 Å². The van der Waals surface area contributed by atoms with E-state index in [0.29, 0.717) is 0 Å². The molecule has 3 nitrogen and oxygen atoms in total. The van der Waals surface area contributed by atoms with Gasteiger partial charge in [-0.2, -0.15) is 0 Å². The van der Waals surface area contributed by atoms with Crippen LogP contribution in [0.5, 0.6) is 0 Å². The van der Waals surface area contributed by atoms with Crippen LogP contribution in [0.2, 0.25) is 5.02 Å². The second-order valence-electron chi connectivity index (χ2n) is 5.34. The zero-order chi connectivity index (χ0) is 15.1. The molecule has 2 heterocycles. The van der Waals surface area contributed by atoms with Gasteiger partial charge in [-0.15, -0.1) is 10.2 Å². The number of halogens is 1. The van der Waals surface area contributed by atoms with Crippen LogP contribution in [-0.2, 0) is 6.42 Å². The van der Waals surface area contributed by atoms with Gasteiger partial charge in [-0.25, -0.2) is 0 Å². The average molecular weight is 308 g/mol. The van der Waals surface area contributed by atoms with E-state index < -0.39 is 0 Å². The third kappa shape index (κ3) is 2.06. The number of para-hydroxylation sites is 1. The van der Waals surface area contributed by atoms with Crippen LogP contribution in [0.25, 0.3) is 11.3 Å². The fourth-order valence-electron chi connectivity index (χ4n) is 2.95. The fourth-order valence-corrected chi connectivity index (χ4v) is 3.08. The lowest BCUT2D eigenvalue weighted by Crippen LogP contribution is -2.03. The van der Waals surface area contributed by atoms with Crippen LogP contribution in [0.1, 0.15) is 22.8 Å².